The Kier molecular flexibility index (Phi) is 5.62. The Morgan fingerprint density at radius 3 is 2.38 bits per heavy atom. The predicted octanol–water partition coefficient (Wildman–Crippen LogP) is 3.87. The van der Waals surface area contributed by atoms with Crippen molar-refractivity contribution in [2.24, 2.45) is 0 Å². The van der Waals surface area contributed by atoms with Gasteiger partial charge in [-0.1, -0.05) is 6.07 Å². The summed E-state index contributed by atoms with van der Waals surface area (Å²) in [7, 11) is 0. The summed E-state index contributed by atoms with van der Waals surface area (Å²) in [6, 6.07) is 7.66. The van der Waals surface area contributed by atoms with Gasteiger partial charge in [0, 0.05) is 18.6 Å². The molecule has 5 rings (SSSR count). The van der Waals surface area contributed by atoms with Crippen LogP contribution in [-0.2, 0) is 17.5 Å². The van der Waals surface area contributed by atoms with Crippen molar-refractivity contribution < 1.29 is 36.9 Å². The zero-order valence-electron chi connectivity index (χ0n) is 18.3. The smallest absolute Gasteiger partial charge is 0.449 e. The topological polar surface area (TPSA) is 83.8 Å². The van der Waals surface area contributed by atoms with Crippen molar-refractivity contribution in [2.75, 3.05) is 26.4 Å². The molecule has 2 aromatic carbocycles. The molecule has 1 amide bonds. The van der Waals surface area contributed by atoms with E-state index in [0.717, 1.165) is 16.6 Å². The van der Waals surface area contributed by atoms with Crippen LogP contribution in [0.3, 0.4) is 0 Å². The minimum atomic E-state index is -4.75. The second kappa shape index (κ2) is 8.62. The van der Waals surface area contributed by atoms with E-state index in [9.17, 15) is 18.0 Å². The van der Waals surface area contributed by atoms with E-state index < -0.39 is 30.5 Å². The van der Waals surface area contributed by atoms with E-state index in [-0.39, 0.29) is 17.6 Å². The lowest BCUT2D eigenvalue weighted by Gasteiger charge is -2.19. The maximum Gasteiger partial charge on any atom is 0.449 e. The van der Waals surface area contributed by atoms with Crippen molar-refractivity contribution in [3.8, 4) is 23.0 Å². The number of carbonyl (C=O) groups excluding carboxylic acids is 1. The lowest BCUT2D eigenvalue weighted by molar-refractivity contribution is -0.147. The highest BCUT2D eigenvalue weighted by Crippen LogP contribution is 2.38. The number of nitrogens with one attached hydrogen (secondary N) is 1. The first kappa shape index (κ1) is 22.2. The van der Waals surface area contributed by atoms with Crippen LogP contribution in [0, 0.1) is 0 Å². The highest BCUT2D eigenvalue weighted by molar-refractivity contribution is 5.84. The van der Waals surface area contributed by atoms with Gasteiger partial charge in [-0.05, 0) is 24.6 Å². The van der Waals surface area contributed by atoms with Crippen molar-refractivity contribution in [1.82, 2.24) is 14.9 Å². The van der Waals surface area contributed by atoms with E-state index in [2.05, 4.69) is 10.3 Å². The Labute approximate surface area is 192 Å². The second-order valence-corrected chi connectivity index (χ2v) is 8.05. The summed E-state index contributed by atoms with van der Waals surface area (Å²) >= 11 is 0. The number of rotatable bonds is 4. The summed E-state index contributed by atoms with van der Waals surface area (Å²) in [4.78, 5) is 16.5. The molecule has 0 aliphatic carbocycles. The van der Waals surface area contributed by atoms with Gasteiger partial charge in [0.25, 0.3) is 0 Å². The number of fused-ring (bicyclic) bond motifs is 3. The molecule has 8 nitrogen and oxygen atoms in total. The van der Waals surface area contributed by atoms with Crippen molar-refractivity contribution in [1.29, 1.82) is 0 Å². The van der Waals surface area contributed by atoms with E-state index in [1.165, 1.54) is 12.1 Å². The van der Waals surface area contributed by atoms with E-state index in [4.69, 9.17) is 18.9 Å². The first-order valence-electron chi connectivity index (χ1n) is 10.9. The van der Waals surface area contributed by atoms with Crippen LogP contribution in [0.2, 0.25) is 0 Å². The molecule has 0 radical (unpaired) electrons. The zero-order valence-corrected chi connectivity index (χ0v) is 18.3. The van der Waals surface area contributed by atoms with Gasteiger partial charge in [0.15, 0.2) is 23.0 Å². The largest absolute Gasteiger partial charge is 0.490 e. The van der Waals surface area contributed by atoms with Crippen LogP contribution in [-0.4, -0.2) is 41.9 Å². The van der Waals surface area contributed by atoms with Gasteiger partial charge in [-0.2, -0.15) is 13.2 Å². The van der Waals surface area contributed by atoms with Gasteiger partial charge in [0.05, 0.1) is 30.3 Å². The summed E-state index contributed by atoms with van der Waals surface area (Å²) in [5.74, 6) is 0.0683. The van der Waals surface area contributed by atoms with E-state index in [0.29, 0.717) is 42.8 Å². The van der Waals surface area contributed by atoms with Crippen LogP contribution in [0.15, 0.2) is 30.3 Å². The lowest BCUT2D eigenvalue weighted by Crippen LogP contribution is -2.31. The number of alkyl halides is 3. The average molecular weight is 477 g/mol. The Morgan fingerprint density at radius 1 is 1.00 bits per heavy atom. The van der Waals surface area contributed by atoms with Crippen LogP contribution in [0.1, 0.15) is 30.8 Å². The van der Waals surface area contributed by atoms with Gasteiger partial charge in [-0.25, -0.2) is 4.98 Å². The summed E-state index contributed by atoms with van der Waals surface area (Å²) < 4.78 is 64.3. The molecule has 1 aromatic heterocycles. The molecule has 34 heavy (non-hydrogen) atoms. The van der Waals surface area contributed by atoms with Crippen LogP contribution in [0.5, 0.6) is 23.0 Å². The fourth-order valence-electron chi connectivity index (χ4n) is 4.00. The first-order chi connectivity index (χ1) is 16.3. The molecule has 1 N–H and O–H groups in total. The van der Waals surface area contributed by atoms with Crippen LogP contribution in [0.25, 0.3) is 11.0 Å². The molecule has 2 aliphatic rings. The Bertz CT molecular complexity index is 1240. The number of hydrogen-bond donors (Lipinski definition) is 1. The Balaban J connectivity index is 1.40. The van der Waals surface area contributed by atoms with E-state index >= 15 is 0 Å². The monoisotopic (exact) mass is 477 g/mol. The van der Waals surface area contributed by atoms with Crippen molar-refractivity contribution >= 4 is 16.9 Å². The molecular weight excluding hydrogens is 455 g/mol. The molecule has 0 bridgehead atoms. The van der Waals surface area contributed by atoms with E-state index in [1.54, 1.807) is 25.1 Å². The highest BCUT2D eigenvalue weighted by Gasteiger charge is 2.38. The number of imidazole rings is 1. The quantitative estimate of drug-likeness (QED) is 0.615. The lowest BCUT2D eigenvalue weighted by atomic mass is 10.1. The SMILES string of the molecule is C[C@@H](NC(=O)Cn1c(C(F)(F)F)nc2cc3c(cc21)OCCO3)c1ccc2c(c1)OCCCO2. The maximum atomic E-state index is 13.7. The Hall–Kier alpha value is -3.63. The molecule has 0 saturated carbocycles. The zero-order chi connectivity index (χ0) is 23.9. The fraction of sp³-hybridized carbons (Fsp3) is 0.391. The third kappa shape index (κ3) is 4.29. The van der Waals surface area contributed by atoms with Crippen molar-refractivity contribution in [2.45, 2.75) is 32.1 Å². The summed E-state index contributed by atoms with van der Waals surface area (Å²) in [5, 5.41) is 2.76. The third-order valence-corrected chi connectivity index (χ3v) is 5.62. The Morgan fingerprint density at radius 2 is 1.65 bits per heavy atom. The molecule has 0 spiro atoms. The minimum Gasteiger partial charge on any atom is -0.490 e. The number of amides is 1. The number of carbonyl (C=O) groups is 1. The minimum absolute atomic E-state index is 0.0697. The number of aromatic nitrogens is 2. The molecule has 3 heterocycles. The maximum absolute atomic E-state index is 13.7. The van der Waals surface area contributed by atoms with Gasteiger partial charge in [0.1, 0.15) is 19.8 Å². The fourth-order valence-corrected chi connectivity index (χ4v) is 4.00. The number of hydrogen-bond acceptors (Lipinski definition) is 6. The molecule has 11 heteroatoms. The summed E-state index contributed by atoms with van der Waals surface area (Å²) in [6.45, 7) is 2.83. The molecule has 0 unspecified atom stereocenters. The van der Waals surface area contributed by atoms with Crippen LogP contribution < -0.4 is 24.3 Å². The van der Waals surface area contributed by atoms with Crippen molar-refractivity contribution in [3.63, 3.8) is 0 Å². The van der Waals surface area contributed by atoms with E-state index in [1.807, 2.05) is 0 Å². The van der Waals surface area contributed by atoms with Crippen molar-refractivity contribution in [3.05, 3.63) is 41.7 Å². The number of nitrogens with zero attached hydrogens (tertiary/aromatic N) is 2. The normalized spacial score (nSPS) is 16.1. The molecule has 0 fully saturated rings. The van der Waals surface area contributed by atoms with Gasteiger partial charge in [0.2, 0.25) is 11.7 Å². The second-order valence-electron chi connectivity index (χ2n) is 8.05. The summed E-state index contributed by atoms with van der Waals surface area (Å²) in [5.41, 5.74) is 0.944. The number of halogens is 3. The standard InChI is InChI=1S/C23H22F3N3O5/c1-13(14-3-4-17-18(9-14)32-6-2-5-31-17)27-21(30)12-29-16-11-20-19(33-7-8-34-20)10-15(16)28-22(29)23(24,25)26/h3-4,9-11,13H,2,5-8,12H2,1H3,(H,27,30)/t13-/m1/s1. The van der Waals surface area contributed by atoms with Gasteiger partial charge in [-0.3, -0.25) is 4.79 Å². The van der Waals surface area contributed by atoms with Gasteiger partial charge < -0.3 is 28.8 Å². The predicted molar refractivity (Wildman–Crippen MR) is 114 cm³/mol. The number of benzene rings is 2. The highest BCUT2D eigenvalue weighted by atomic mass is 19.4. The molecule has 180 valence electrons. The molecule has 3 aromatic rings. The molecule has 0 saturated heterocycles. The average Bonchev–Trinajstić information content (AvgIpc) is 2.99. The van der Waals surface area contributed by atoms with Crippen LogP contribution in [0.4, 0.5) is 13.2 Å². The molecular formula is C23H22F3N3O5. The third-order valence-electron chi connectivity index (χ3n) is 5.62. The molecule has 2 aliphatic heterocycles. The van der Waals surface area contributed by atoms with Gasteiger partial charge in [-0.15, -0.1) is 0 Å². The van der Waals surface area contributed by atoms with Gasteiger partial charge >= 0.3 is 6.18 Å². The molecule has 1 atom stereocenters. The van der Waals surface area contributed by atoms with Crippen LogP contribution >= 0.6 is 0 Å². The summed E-state index contributed by atoms with van der Waals surface area (Å²) in [6.07, 6.45) is -3.99. The first-order valence-corrected chi connectivity index (χ1v) is 10.9. The number of ether oxygens (including phenoxy) is 4.